The van der Waals surface area contributed by atoms with Crippen molar-refractivity contribution in [2.24, 2.45) is 0 Å². The molecule has 4 N–H and O–H groups in total. The van der Waals surface area contributed by atoms with Crippen LogP contribution in [0.3, 0.4) is 0 Å². The van der Waals surface area contributed by atoms with E-state index in [0.717, 1.165) is 35.6 Å². The van der Waals surface area contributed by atoms with Crippen molar-refractivity contribution in [1.29, 1.82) is 0 Å². The molecule has 2 aromatic rings. The molecular weight excluding hydrogens is 484 g/mol. The topological polar surface area (TPSA) is 133 Å². The summed E-state index contributed by atoms with van der Waals surface area (Å²) in [6.07, 6.45) is 9.99. The third kappa shape index (κ3) is 7.00. The molecule has 0 aliphatic carbocycles. The molecule has 196 valence electrons. The zero-order chi connectivity index (χ0) is 27.1. The summed E-state index contributed by atoms with van der Waals surface area (Å²) >= 11 is 0. The summed E-state index contributed by atoms with van der Waals surface area (Å²) in [5.74, 6) is 1.51. The normalized spacial score (nSPS) is 14.1. The highest BCUT2D eigenvalue weighted by Gasteiger charge is 2.28. The molecule has 2 aliphatic rings. The lowest BCUT2D eigenvalue weighted by Crippen LogP contribution is -2.34. The molecule has 38 heavy (non-hydrogen) atoms. The number of hydrogen-bond acceptors (Lipinski definition) is 8. The van der Waals surface area contributed by atoms with Crippen molar-refractivity contribution < 1.29 is 19.8 Å². The second-order valence-electron chi connectivity index (χ2n) is 9.25. The predicted molar refractivity (Wildman–Crippen MR) is 147 cm³/mol. The van der Waals surface area contributed by atoms with Crippen molar-refractivity contribution in [3.05, 3.63) is 72.3 Å². The molecule has 10 nitrogen and oxygen atoms in total. The lowest BCUT2D eigenvalue weighted by molar-refractivity contribution is -0.117. The number of hydrogen-bond donors (Lipinski definition) is 4. The van der Waals surface area contributed by atoms with E-state index in [-0.39, 0.29) is 36.4 Å². The lowest BCUT2D eigenvalue weighted by Gasteiger charge is -2.12. The van der Waals surface area contributed by atoms with Crippen molar-refractivity contribution in [2.45, 2.75) is 39.5 Å². The lowest BCUT2D eigenvalue weighted by atomic mass is 10.1. The summed E-state index contributed by atoms with van der Waals surface area (Å²) in [5.41, 5.74) is 2.57. The van der Waals surface area contributed by atoms with E-state index in [1.165, 1.54) is 12.1 Å². The molecule has 10 heteroatoms. The van der Waals surface area contributed by atoms with Crippen LogP contribution in [-0.4, -0.2) is 56.6 Å². The third-order valence-corrected chi connectivity index (χ3v) is 6.27. The van der Waals surface area contributed by atoms with E-state index in [1.54, 1.807) is 62.9 Å². The monoisotopic (exact) mass is 516 g/mol. The fourth-order valence-electron chi connectivity index (χ4n) is 4.08. The number of unbranched alkanes of at least 4 members (excludes halogenated alkanes) is 1. The number of phenols is 2. The molecule has 2 aromatic carbocycles. The number of phenolic OH excluding ortho intramolecular Hbond substituents is 2. The Kier molecular flexibility index (Phi) is 8.42. The standard InChI is InChI=1S/C28H32N6O4/c1-19-7-9-21(15-23(19)35)31-27(37)17-33-13-11-29-25(33)5-3-4-6-26-30-12-14-34(26)18-28(38)32-22-10-8-20(2)24(36)16-22/h7-16,35-36H,3-6,17-18H2,1-2H3,(H,31,37)(H,32,38)/q+2. The van der Waals surface area contributed by atoms with E-state index in [9.17, 15) is 19.8 Å². The van der Waals surface area contributed by atoms with Crippen LogP contribution in [0.4, 0.5) is 11.4 Å². The molecule has 0 aromatic heterocycles. The third-order valence-electron chi connectivity index (χ3n) is 6.27. The number of carbonyl (C=O) groups excluding carboxylic acids is 2. The maximum atomic E-state index is 12.5. The van der Waals surface area contributed by atoms with Crippen LogP contribution < -0.4 is 20.6 Å². The van der Waals surface area contributed by atoms with Crippen LogP contribution >= 0.6 is 0 Å². The van der Waals surface area contributed by atoms with Crippen LogP contribution in [0.5, 0.6) is 11.5 Å². The molecule has 0 fully saturated rings. The van der Waals surface area contributed by atoms with E-state index in [4.69, 9.17) is 0 Å². The highest BCUT2D eigenvalue weighted by atomic mass is 16.3. The van der Waals surface area contributed by atoms with Crippen molar-refractivity contribution in [2.75, 3.05) is 23.7 Å². The second-order valence-corrected chi connectivity index (χ2v) is 9.25. The molecular formula is C28H32N6O4+2. The number of aliphatic imine (C=N–C) groups is 2. The Bertz CT molecular complexity index is 1230. The first-order valence-electron chi connectivity index (χ1n) is 12.5. The summed E-state index contributed by atoms with van der Waals surface area (Å²) in [5, 5.41) is 25.3. The number of amides is 2. The summed E-state index contributed by atoms with van der Waals surface area (Å²) < 4.78 is 0. The Morgan fingerprint density at radius 2 is 1.16 bits per heavy atom. The van der Waals surface area contributed by atoms with Crippen molar-refractivity contribution >= 4 is 34.9 Å². The number of anilines is 2. The summed E-state index contributed by atoms with van der Waals surface area (Å²) in [6, 6.07) is 10.1. The van der Waals surface area contributed by atoms with Crippen LogP contribution in [0, 0.1) is 13.8 Å². The maximum absolute atomic E-state index is 12.5. The van der Waals surface area contributed by atoms with Gasteiger partial charge in [-0.2, -0.15) is 0 Å². The smallest absolute Gasteiger partial charge is 0.299 e. The summed E-state index contributed by atoms with van der Waals surface area (Å²) in [7, 11) is 0. The highest BCUT2D eigenvalue weighted by molar-refractivity contribution is 5.97. The Balaban J connectivity index is 1.18. The zero-order valence-electron chi connectivity index (χ0n) is 21.5. The number of aromatic hydroxyl groups is 2. The average molecular weight is 517 g/mol. The summed E-state index contributed by atoms with van der Waals surface area (Å²) in [4.78, 5) is 37.4. The molecule has 0 spiro atoms. The van der Waals surface area contributed by atoms with Gasteiger partial charge in [-0.1, -0.05) is 22.1 Å². The highest BCUT2D eigenvalue weighted by Crippen LogP contribution is 2.22. The summed E-state index contributed by atoms with van der Waals surface area (Å²) in [6.45, 7) is 3.84. The van der Waals surface area contributed by atoms with Crippen LogP contribution in [0.25, 0.3) is 0 Å². The average Bonchev–Trinajstić information content (AvgIpc) is 3.50. The number of rotatable bonds is 11. The Morgan fingerprint density at radius 3 is 1.55 bits per heavy atom. The van der Waals surface area contributed by atoms with Gasteiger partial charge in [-0.3, -0.25) is 9.59 Å². The predicted octanol–water partition coefficient (Wildman–Crippen LogP) is 2.89. The second kappa shape index (κ2) is 12.1. The van der Waals surface area contributed by atoms with Crippen LogP contribution in [0.2, 0.25) is 0 Å². The number of carbonyl (C=O) groups is 2. The van der Waals surface area contributed by atoms with Gasteiger partial charge in [-0.15, -0.1) is 0 Å². The molecule has 0 saturated carbocycles. The van der Waals surface area contributed by atoms with E-state index >= 15 is 0 Å². The minimum atomic E-state index is -0.200. The molecule has 2 amide bonds. The van der Waals surface area contributed by atoms with E-state index < -0.39 is 0 Å². The fourth-order valence-corrected chi connectivity index (χ4v) is 4.08. The number of nitrogens with one attached hydrogen (secondary N) is 2. The van der Waals surface area contributed by atoms with Gasteiger partial charge in [0.05, 0.1) is 12.8 Å². The van der Waals surface area contributed by atoms with Gasteiger partial charge < -0.3 is 20.8 Å². The van der Waals surface area contributed by atoms with Gasteiger partial charge in [0.2, 0.25) is 0 Å². The van der Waals surface area contributed by atoms with Gasteiger partial charge >= 0.3 is 0 Å². The molecule has 2 aliphatic heterocycles. The first kappa shape index (κ1) is 26.5. The SMILES string of the molecule is Cc1ccc(NC(=O)CN2C=C[N+]=C2CCCCC2=[N+]C=CN2CC(=O)Nc2ccc(C)c(O)c2)cc1O. The van der Waals surface area contributed by atoms with Gasteiger partial charge in [0.25, 0.3) is 23.5 Å². The molecule has 0 saturated heterocycles. The van der Waals surface area contributed by atoms with E-state index in [1.807, 2.05) is 9.80 Å². The fraction of sp³-hybridized carbons (Fsp3) is 0.286. The molecule has 0 unspecified atom stereocenters. The van der Waals surface area contributed by atoms with Crippen LogP contribution in [-0.2, 0) is 9.59 Å². The largest absolute Gasteiger partial charge is 0.508 e. The molecule has 4 rings (SSSR count). The van der Waals surface area contributed by atoms with Gasteiger partial charge in [-0.05, 0) is 49.9 Å². The van der Waals surface area contributed by atoms with Gasteiger partial charge in [-0.25, -0.2) is 9.80 Å². The van der Waals surface area contributed by atoms with E-state index in [0.29, 0.717) is 24.2 Å². The Hall–Kier alpha value is -4.60. The molecule has 2 heterocycles. The van der Waals surface area contributed by atoms with Crippen molar-refractivity contribution in [3.8, 4) is 11.5 Å². The zero-order valence-corrected chi connectivity index (χ0v) is 21.5. The van der Waals surface area contributed by atoms with Gasteiger partial charge in [0.1, 0.15) is 23.9 Å². The number of benzene rings is 2. The van der Waals surface area contributed by atoms with Gasteiger partial charge in [0.15, 0.2) is 25.5 Å². The molecule has 0 atom stereocenters. The molecule has 0 bridgehead atoms. The number of aryl methyl sites for hydroxylation is 2. The Morgan fingerprint density at radius 1 is 0.737 bits per heavy atom. The van der Waals surface area contributed by atoms with Gasteiger partial charge in [0, 0.05) is 23.5 Å². The minimum Gasteiger partial charge on any atom is -0.508 e. The minimum absolute atomic E-state index is 0.127. The first-order valence-corrected chi connectivity index (χ1v) is 12.5. The van der Waals surface area contributed by atoms with Crippen LogP contribution in [0.15, 0.2) is 61.2 Å². The Labute approximate surface area is 221 Å². The number of nitrogens with zero attached hydrogens (tertiary/aromatic N) is 4. The molecule has 2 radical (unpaired) electrons. The van der Waals surface area contributed by atoms with E-state index in [2.05, 4.69) is 20.6 Å². The first-order chi connectivity index (χ1) is 18.3. The van der Waals surface area contributed by atoms with Crippen molar-refractivity contribution in [1.82, 2.24) is 19.8 Å². The quantitative estimate of drug-likeness (QED) is 0.340. The van der Waals surface area contributed by atoms with Crippen molar-refractivity contribution in [3.63, 3.8) is 0 Å². The van der Waals surface area contributed by atoms with Crippen LogP contribution in [0.1, 0.15) is 36.8 Å². The number of amidine groups is 2. The maximum Gasteiger partial charge on any atom is 0.299 e.